The number of aliphatic hydroxyl groups is 1. The van der Waals surface area contributed by atoms with Gasteiger partial charge in [-0.05, 0) is 12.8 Å². The molecule has 0 radical (unpaired) electrons. The standard InChI is InChI=1S/C13H21NO4/c1-18-12(16)10-7-11(15)14(8-10)9-13(17)5-3-2-4-6-13/h10,17H,2-9H2,1H3. The van der Waals surface area contributed by atoms with Crippen molar-refractivity contribution in [3.8, 4) is 0 Å². The molecule has 2 fully saturated rings. The van der Waals surface area contributed by atoms with Gasteiger partial charge in [0.25, 0.3) is 0 Å². The molecule has 1 aliphatic heterocycles. The lowest BCUT2D eigenvalue weighted by molar-refractivity contribution is -0.145. The Morgan fingerprint density at radius 1 is 1.44 bits per heavy atom. The highest BCUT2D eigenvalue weighted by molar-refractivity contribution is 5.86. The Labute approximate surface area is 107 Å². The molecule has 1 aliphatic carbocycles. The SMILES string of the molecule is COC(=O)C1CC(=O)N(CC2(O)CCCCC2)C1. The molecule has 5 heteroatoms. The second-order valence-electron chi connectivity index (χ2n) is 5.48. The molecular formula is C13H21NO4. The van der Waals surface area contributed by atoms with Crippen molar-refractivity contribution < 1.29 is 19.4 Å². The molecule has 1 saturated carbocycles. The van der Waals surface area contributed by atoms with E-state index in [9.17, 15) is 14.7 Å². The average Bonchev–Trinajstić information content (AvgIpc) is 2.70. The lowest BCUT2D eigenvalue weighted by Crippen LogP contribution is -2.45. The predicted molar refractivity (Wildman–Crippen MR) is 64.7 cm³/mol. The number of nitrogens with zero attached hydrogens (tertiary/aromatic N) is 1. The first-order valence-corrected chi connectivity index (χ1v) is 6.62. The molecule has 0 aromatic rings. The maximum Gasteiger partial charge on any atom is 0.310 e. The minimum Gasteiger partial charge on any atom is -0.469 e. The third-order valence-corrected chi connectivity index (χ3v) is 4.02. The van der Waals surface area contributed by atoms with Gasteiger partial charge in [0, 0.05) is 19.5 Å². The van der Waals surface area contributed by atoms with Crippen LogP contribution in [0.3, 0.4) is 0 Å². The monoisotopic (exact) mass is 255 g/mol. The van der Waals surface area contributed by atoms with E-state index in [1.807, 2.05) is 0 Å². The normalized spacial score (nSPS) is 27.3. The van der Waals surface area contributed by atoms with Gasteiger partial charge in [-0.15, -0.1) is 0 Å². The maximum absolute atomic E-state index is 11.8. The second-order valence-corrected chi connectivity index (χ2v) is 5.48. The zero-order chi connectivity index (χ0) is 13.2. The molecule has 0 spiro atoms. The summed E-state index contributed by atoms with van der Waals surface area (Å²) in [6, 6.07) is 0. The van der Waals surface area contributed by atoms with Crippen molar-refractivity contribution in [1.82, 2.24) is 4.90 Å². The Kier molecular flexibility index (Phi) is 3.90. The van der Waals surface area contributed by atoms with Gasteiger partial charge in [0.15, 0.2) is 0 Å². The van der Waals surface area contributed by atoms with Crippen LogP contribution in [0.4, 0.5) is 0 Å². The number of likely N-dealkylation sites (tertiary alicyclic amines) is 1. The number of hydrogen-bond donors (Lipinski definition) is 1. The van der Waals surface area contributed by atoms with E-state index in [4.69, 9.17) is 0 Å². The van der Waals surface area contributed by atoms with Crippen LogP contribution in [0.15, 0.2) is 0 Å². The Morgan fingerprint density at radius 3 is 2.72 bits per heavy atom. The van der Waals surface area contributed by atoms with Crippen LogP contribution in [0.2, 0.25) is 0 Å². The molecule has 18 heavy (non-hydrogen) atoms. The molecule has 102 valence electrons. The summed E-state index contributed by atoms with van der Waals surface area (Å²) in [6.45, 7) is 0.743. The van der Waals surface area contributed by atoms with E-state index in [-0.39, 0.29) is 24.2 Å². The van der Waals surface area contributed by atoms with Crippen molar-refractivity contribution in [2.24, 2.45) is 5.92 Å². The van der Waals surface area contributed by atoms with Crippen molar-refractivity contribution in [1.29, 1.82) is 0 Å². The molecule has 1 unspecified atom stereocenters. The van der Waals surface area contributed by atoms with E-state index in [0.717, 1.165) is 32.1 Å². The minimum atomic E-state index is -0.751. The highest BCUT2D eigenvalue weighted by Gasteiger charge is 2.40. The van der Waals surface area contributed by atoms with E-state index in [2.05, 4.69) is 4.74 Å². The quantitative estimate of drug-likeness (QED) is 0.754. The van der Waals surface area contributed by atoms with Gasteiger partial charge in [-0.2, -0.15) is 0 Å². The lowest BCUT2D eigenvalue weighted by atomic mass is 9.84. The molecule has 1 N–H and O–H groups in total. The fraction of sp³-hybridized carbons (Fsp3) is 0.846. The molecule has 1 heterocycles. The summed E-state index contributed by atoms with van der Waals surface area (Å²) in [5, 5.41) is 10.4. The molecule has 0 aromatic heterocycles. The summed E-state index contributed by atoms with van der Waals surface area (Å²) in [5.74, 6) is -0.749. The Balaban J connectivity index is 1.93. The number of carbonyl (C=O) groups is 2. The van der Waals surface area contributed by atoms with Gasteiger partial charge in [0.1, 0.15) is 0 Å². The maximum atomic E-state index is 11.8. The topological polar surface area (TPSA) is 66.8 Å². The van der Waals surface area contributed by atoms with Gasteiger partial charge >= 0.3 is 5.97 Å². The number of hydrogen-bond acceptors (Lipinski definition) is 4. The van der Waals surface area contributed by atoms with Crippen LogP contribution < -0.4 is 0 Å². The number of methoxy groups -OCH3 is 1. The average molecular weight is 255 g/mol. The van der Waals surface area contributed by atoms with Crippen LogP contribution in [-0.4, -0.2) is 47.7 Å². The van der Waals surface area contributed by atoms with Crippen molar-refractivity contribution in [2.45, 2.75) is 44.1 Å². The number of esters is 1. The molecule has 2 rings (SSSR count). The van der Waals surface area contributed by atoms with E-state index in [1.165, 1.54) is 7.11 Å². The first kappa shape index (κ1) is 13.3. The first-order chi connectivity index (χ1) is 8.54. The third kappa shape index (κ3) is 2.83. The van der Waals surface area contributed by atoms with Crippen LogP contribution in [0.25, 0.3) is 0 Å². The summed E-state index contributed by atoms with van der Waals surface area (Å²) in [4.78, 5) is 24.9. The van der Waals surface area contributed by atoms with Crippen molar-refractivity contribution in [2.75, 3.05) is 20.2 Å². The second kappa shape index (κ2) is 5.26. The van der Waals surface area contributed by atoms with Gasteiger partial charge in [0.2, 0.25) is 5.91 Å². The Morgan fingerprint density at radius 2 is 2.11 bits per heavy atom. The number of amides is 1. The molecule has 1 amide bonds. The third-order valence-electron chi connectivity index (χ3n) is 4.02. The number of ether oxygens (including phenoxy) is 1. The molecular weight excluding hydrogens is 234 g/mol. The molecule has 1 saturated heterocycles. The van der Waals surface area contributed by atoms with Crippen LogP contribution in [0, 0.1) is 5.92 Å². The van der Waals surface area contributed by atoms with Crippen LogP contribution in [0.5, 0.6) is 0 Å². The summed E-state index contributed by atoms with van der Waals surface area (Å²) < 4.78 is 4.67. The van der Waals surface area contributed by atoms with E-state index < -0.39 is 5.60 Å². The van der Waals surface area contributed by atoms with Crippen molar-refractivity contribution >= 4 is 11.9 Å². The summed E-state index contributed by atoms with van der Waals surface area (Å²) in [5.41, 5.74) is -0.751. The smallest absolute Gasteiger partial charge is 0.310 e. The van der Waals surface area contributed by atoms with E-state index in [1.54, 1.807) is 4.90 Å². The van der Waals surface area contributed by atoms with E-state index >= 15 is 0 Å². The summed E-state index contributed by atoms with van der Waals surface area (Å²) in [6.07, 6.45) is 4.89. The minimum absolute atomic E-state index is 0.0515. The lowest BCUT2D eigenvalue weighted by Gasteiger charge is -2.35. The van der Waals surface area contributed by atoms with Crippen LogP contribution >= 0.6 is 0 Å². The molecule has 2 aliphatic rings. The van der Waals surface area contributed by atoms with Crippen LogP contribution in [-0.2, 0) is 14.3 Å². The highest BCUT2D eigenvalue weighted by Crippen LogP contribution is 2.31. The molecule has 0 bridgehead atoms. The van der Waals surface area contributed by atoms with Gasteiger partial charge in [-0.25, -0.2) is 0 Å². The van der Waals surface area contributed by atoms with Crippen molar-refractivity contribution in [3.63, 3.8) is 0 Å². The zero-order valence-electron chi connectivity index (χ0n) is 10.9. The van der Waals surface area contributed by atoms with Gasteiger partial charge in [-0.1, -0.05) is 19.3 Å². The predicted octanol–water partition coefficient (Wildman–Crippen LogP) is 0.703. The summed E-state index contributed by atoms with van der Waals surface area (Å²) in [7, 11) is 1.34. The zero-order valence-corrected chi connectivity index (χ0v) is 10.9. The number of β-amino-alcohol motifs (C(OH)–C–C–N with tert-alkyl or cyclic N) is 1. The molecule has 0 aromatic carbocycles. The van der Waals surface area contributed by atoms with Gasteiger partial charge in [-0.3, -0.25) is 9.59 Å². The summed E-state index contributed by atoms with van der Waals surface area (Å²) >= 11 is 0. The molecule has 1 atom stereocenters. The van der Waals surface area contributed by atoms with Crippen molar-refractivity contribution in [3.05, 3.63) is 0 Å². The van der Waals surface area contributed by atoms with Crippen LogP contribution in [0.1, 0.15) is 38.5 Å². The van der Waals surface area contributed by atoms with Gasteiger partial charge < -0.3 is 14.7 Å². The molecule has 5 nitrogen and oxygen atoms in total. The fourth-order valence-electron chi connectivity index (χ4n) is 2.97. The van der Waals surface area contributed by atoms with Gasteiger partial charge in [0.05, 0.1) is 18.6 Å². The first-order valence-electron chi connectivity index (χ1n) is 6.62. The largest absolute Gasteiger partial charge is 0.469 e. The fourth-order valence-corrected chi connectivity index (χ4v) is 2.97. The van der Waals surface area contributed by atoms with E-state index in [0.29, 0.717) is 13.1 Å². The number of carbonyl (C=O) groups excluding carboxylic acids is 2. The number of rotatable bonds is 3. The Bertz CT molecular complexity index is 336. The highest BCUT2D eigenvalue weighted by atomic mass is 16.5. The Hall–Kier alpha value is -1.10.